The summed E-state index contributed by atoms with van der Waals surface area (Å²) < 4.78 is 12.5. The van der Waals surface area contributed by atoms with Gasteiger partial charge in [-0.2, -0.15) is 0 Å². The van der Waals surface area contributed by atoms with Gasteiger partial charge >= 0.3 is 0 Å². The summed E-state index contributed by atoms with van der Waals surface area (Å²) in [5.74, 6) is 3.08. The van der Waals surface area contributed by atoms with Crippen LogP contribution in [0, 0.1) is 27.7 Å². The average Bonchev–Trinajstić information content (AvgIpc) is 2.62. The fourth-order valence-electron chi connectivity index (χ4n) is 2.95. The average molecular weight is 375 g/mol. The van der Waals surface area contributed by atoms with Crippen molar-refractivity contribution in [2.45, 2.75) is 53.9 Å². The Morgan fingerprint density at radius 1 is 0.536 bits per heavy atom. The lowest BCUT2D eigenvalue weighted by Crippen LogP contribution is -2.11. The van der Waals surface area contributed by atoms with Gasteiger partial charge in [0.15, 0.2) is 11.5 Å². The van der Waals surface area contributed by atoms with Gasteiger partial charge in [0.25, 0.3) is 0 Å². The van der Waals surface area contributed by atoms with Crippen molar-refractivity contribution in [3.63, 3.8) is 0 Å². The van der Waals surface area contributed by atoms with E-state index in [0.717, 1.165) is 23.0 Å². The summed E-state index contributed by atoms with van der Waals surface area (Å²) in [5, 5.41) is 0. The van der Waals surface area contributed by atoms with Gasteiger partial charge in [-0.3, -0.25) is 0 Å². The van der Waals surface area contributed by atoms with Crippen LogP contribution in [0.5, 0.6) is 23.0 Å². The SMILES string of the molecule is Cc1ccc(Oc2ccc(C(C)(C)C)cc2Oc2ccc(C)c(C)c2)cc1C. The Morgan fingerprint density at radius 3 is 1.50 bits per heavy atom. The second kappa shape index (κ2) is 7.71. The summed E-state index contributed by atoms with van der Waals surface area (Å²) >= 11 is 0. The molecule has 2 heteroatoms. The third-order valence-corrected chi connectivity index (χ3v) is 5.22. The molecule has 0 unspecified atom stereocenters. The molecule has 3 aromatic carbocycles. The van der Waals surface area contributed by atoms with E-state index in [4.69, 9.17) is 9.47 Å². The smallest absolute Gasteiger partial charge is 0.170 e. The highest BCUT2D eigenvalue weighted by atomic mass is 16.5. The van der Waals surface area contributed by atoms with E-state index >= 15 is 0 Å². The molecule has 0 N–H and O–H groups in total. The number of aryl methyl sites for hydroxylation is 4. The highest BCUT2D eigenvalue weighted by Gasteiger charge is 2.18. The third-order valence-electron chi connectivity index (χ3n) is 5.22. The lowest BCUT2D eigenvalue weighted by molar-refractivity contribution is 0.416. The maximum atomic E-state index is 6.28. The van der Waals surface area contributed by atoms with Crippen LogP contribution in [0.3, 0.4) is 0 Å². The topological polar surface area (TPSA) is 18.5 Å². The predicted octanol–water partition coefficient (Wildman–Crippen LogP) is 7.80. The van der Waals surface area contributed by atoms with Crippen molar-refractivity contribution in [2.75, 3.05) is 0 Å². The fourth-order valence-corrected chi connectivity index (χ4v) is 2.95. The molecule has 0 aliphatic heterocycles. The highest BCUT2D eigenvalue weighted by molar-refractivity contribution is 5.50. The van der Waals surface area contributed by atoms with Crippen LogP contribution in [0.4, 0.5) is 0 Å². The summed E-state index contributed by atoms with van der Waals surface area (Å²) in [7, 11) is 0. The van der Waals surface area contributed by atoms with Gasteiger partial charge in [-0.05, 0) is 97.3 Å². The van der Waals surface area contributed by atoms with Crippen molar-refractivity contribution in [2.24, 2.45) is 0 Å². The van der Waals surface area contributed by atoms with Gasteiger partial charge in [-0.1, -0.05) is 39.0 Å². The van der Waals surface area contributed by atoms with E-state index < -0.39 is 0 Å². The molecule has 0 radical (unpaired) electrons. The van der Waals surface area contributed by atoms with Crippen LogP contribution in [0.1, 0.15) is 48.6 Å². The number of rotatable bonds is 4. The number of hydrogen-bond donors (Lipinski definition) is 0. The monoisotopic (exact) mass is 374 g/mol. The zero-order chi connectivity index (χ0) is 20.5. The van der Waals surface area contributed by atoms with Gasteiger partial charge in [0.05, 0.1) is 0 Å². The molecule has 0 aromatic heterocycles. The third kappa shape index (κ3) is 4.56. The molecule has 3 aromatic rings. The maximum absolute atomic E-state index is 6.28. The second-order valence-electron chi connectivity index (χ2n) is 8.61. The van der Waals surface area contributed by atoms with E-state index in [1.807, 2.05) is 18.2 Å². The van der Waals surface area contributed by atoms with E-state index in [-0.39, 0.29) is 5.41 Å². The van der Waals surface area contributed by atoms with Crippen LogP contribution < -0.4 is 9.47 Å². The molecule has 0 spiro atoms. The first kappa shape index (κ1) is 20.0. The summed E-state index contributed by atoms with van der Waals surface area (Å²) in [4.78, 5) is 0. The van der Waals surface area contributed by atoms with Crippen LogP contribution in [0.15, 0.2) is 54.6 Å². The van der Waals surface area contributed by atoms with Crippen molar-refractivity contribution >= 4 is 0 Å². The zero-order valence-corrected chi connectivity index (χ0v) is 18.0. The first-order valence-corrected chi connectivity index (χ1v) is 9.78. The molecule has 0 atom stereocenters. The molecule has 146 valence electrons. The van der Waals surface area contributed by atoms with Crippen molar-refractivity contribution in [3.8, 4) is 23.0 Å². The number of hydrogen-bond acceptors (Lipinski definition) is 2. The number of benzene rings is 3. The minimum absolute atomic E-state index is 0.0281. The molecule has 0 saturated heterocycles. The summed E-state index contributed by atoms with van der Waals surface area (Å²) in [6.07, 6.45) is 0. The van der Waals surface area contributed by atoms with Gasteiger partial charge in [0.2, 0.25) is 0 Å². The van der Waals surface area contributed by atoms with E-state index in [1.54, 1.807) is 0 Å². The Kier molecular flexibility index (Phi) is 5.51. The predicted molar refractivity (Wildman–Crippen MR) is 117 cm³/mol. The summed E-state index contributed by atoms with van der Waals surface area (Å²) in [6.45, 7) is 15.0. The van der Waals surface area contributed by atoms with Gasteiger partial charge in [-0.15, -0.1) is 0 Å². The molecule has 0 saturated carbocycles. The zero-order valence-electron chi connectivity index (χ0n) is 18.0. The van der Waals surface area contributed by atoms with Crippen molar-refractivity contribution in [1.29, 1.82) is 0 Å². The van der Waals surface area contributed by atoms with E-state index in [1.165, 1.54) is 27.8 Å². The molecule has 0 fully saturated rings. The Balaban J connectivity index is 2.00. The molecule has 0 heterocycles. The standard InChI is InChI=1S/C26H30O2/c1-17-8-11-22(14-19(17)3)27-24-13-10-21(26(5,6)7)16-25(24)28-23-12-9-18(2)20(4)15-23/h8-16H,1-7H3. The first-order valence-electron chi connectivity index (χ1n) is 9.78. The first-order chi connectivity index (χ1) is 13.1. The van der Waals surface area contributed by atoms with E-state index in [2.05, 4.69) is 84.9 Å². The molecule has 3 rings (SSSR count). The van der Waals surface area contributed by atoms with Crippen molar-refractivity contribution < 1.29 is 9.47 Å². The molecule has 28 heavy (non-hydrogen) atoms. The Bertz CT molecular complexity index is 994. The van der Waals surface area contributed by atoms with E-state index in [9.17, 15) is 0 Å². The van der Waals surface area contributed by atoms with Crippen molar-refractivity contribution in [1.82, 2.24) is 0 Å². The van der Waals surface area contributed by atoms with E-state index in [0.29, 0.717) is 0 Å². The molecule has 2 nitrogen and oxygen atoms in total. The van der Waals surface area contributed by atoms with Crippen LogP contribution in [-0.2, 0) is 5.41 Å². The quantitative estimate of drug-likeness (QED) is 0.464. The lowest BCUT2D eigenvalue weighted by Gasteiger charge is -2.21. The van der Waals surface area contributed by atoms with Gasteiger partial charge in [0.1, 0.15) is 11.5 Å². The molecular formula is C26H30O2. The minimum Gasteiger partial charge on any atom is -0.453 e. The molecule has 0 amide bonds. The van der Waals surface area contributed by atoms with Crippen LogP contribution in [-0.4, -0.2) is 0 Å². The van der Waals surface area contributed by atoms with Crippen LogP contribution in [0.2, 0.25) is 0 Å². The van der Waals surface area contributed by atoms with Crippen LogP contribution >= 0.6 is 0 Å². The van der Waals surface area contributed by atoms with Crippen molar-refractivity contribution in [3.05, 3.63) is 82.4 Å². The Labute approximate surface area is 169 Å². The van der Waals surface area contributed by atoms with Gasteiger partial charge in [0, 0.05) is 0 Å². The molecule has 0 aliphatic carbocycles. The molecule has 0 aliphatic rings. The summed E-state index contributed by atoms with van der Waals surface area (Å²) in [5.41, 5.74) is 6.16. The fraction of sp³-hybridized carbons (Fsp3) is 0.308. The number of ether oxygens (including phenoxy) is 2. The Hall–Kier alpha value is -2.74. The summed E-state index contributed by atoms with van der Waals surface area (Å²) in [6, 6.07) is 18.5. The van der Waals surface area contributed by atoms with Gasteiger partial charge < -0.3 is 9.47 Å². The largest absolute Gasteiger partial charge is 0.453 e. The second-order valence-corrected chi connectivity index (χ2v) is 8.61. The molecular weight excluding hydrogens is 344 g/mol. The molecule has 0 bridgehead atoms. The lowest BCUT2D eigenvalue weighted by atomic mass is 9.87. The van der Waals surface area contributed by atoms with Gasteiger partial charge in [-0.25, -0.2) is 0 Å². The normalized spacial score (nSPS) is 11.4. The minimum atomic E-state index is 0.0281. The highest BCUT2D eigenvalue weighted by Crippen LogP contribution is 2.39. The Morgan fingerprint density at radius 2 is 1.04 bits per heavy atom. The maximum Gasteiger partial charge on any atom is 0.170 e. The van der Waals surface area contributed by atoms with Crippen LogP contribution in [0.25, 0.3) is 0 Å².